The molecule has 0 N–H and O–H groups in total. The second-order valence-electron chi connectivity index (χ2n) is 2.48. The quantitative estimate of drug-likeness (QED) is 0.408. The Balaban J connectivity index is 0.00000144. The van der Waals surface area contributed by atoms with E-state index in [-0.39, 0.29) is 29.6 Å². The zero-order chi connectivity index (χ0) is 8.97. The molecule has 0 fully saturated rings. The van der Waals surface area contributed by atoms with Crippen LogP contribution in [0.2, 0.25) is 0 Å². The Morgan fingerprint density at radius 2 is 1.92 bits per heavy atom. The van der Waals surface area contributed by atoms with Gasteiger partial charge in [-0.1, -0.05) is 30.3 Å². The van der Waals surface area contributed by atoms with Crippen LogP contribution in [0.1, 0.15) is 5.56 Å². The second-order valence-corrected chi connectivity index (χ2v) is 3.00. The molecule has 2 nitrogen and oxygen atoms in total. The van der Waals surface area contributed by atoms with Crippen molar-refractivity contribution < 1.29 is 39.5 Å². The van der Waals surface area contributed by atoms with Gasteiger partial charge >= 0.3 is 29.6 Å². The van der Waals surface area contributed by atoms with Crippen LogP contribution in [0.4, 0.5) is 0 Å². The number of hydrogen-bond donors (Lipinski definition) is 0. The van der Waals surface area contributed by atoms with Gasteiger partial charge in [0.25, 0.3) is 0 Å². The van der Waals surface area contributed by atoms with Crippen molar-refractivity contribution in [1.82, 2.24) is 0 Å². The van der Waals surface area contributed by atoms with E-state index in [2.05, 4.69) is 0 Å². The van der Waals surface area contributed by atoms with Crippen LogP contribution >= 0.6 is 11.6 Å². The van der Waals surface area contributed by atoms with E-state index in [1.165, 1.54) is 0 Å². The standard InChI is InChI=1S/C9H9ClO2.Na/c10-8(9(11)12)6-7-4-2-1-3-5-7;/h1-5,8H,6H2,(H,11,12);/q;+1/p-1/t8-;/m0./s1. The molecule has 1 aromatic rings. The summed E-state index contributed by atoms with van der Waals surface area (Å²) < 4.78 is 0. The maximum atomic E-state index is 10.3. The van der Waals surface area contributed by atoms with Gasteiger partial charge in [0.15, 0.2) is 0 Å². The number of alkyl halides is 1. The summed E-state index contributed by atoms with van der Waals surface area (Å²) in [5, 5.41) is 9.32. The summed E-state index contributed by atoms with van der Waals surface area (Å²) >= 11 is 5.49. The molecule has 1 rings (SSSR count). The molecule has 0 aliphatic carbocycles. The molecule has 0 radical (unpaired) electrons. The third-order valence-corrected chi connectivity index (χ3v) is 1.85. The van der Waals surface area contributed by atoms with Crippen LogP contribution < -0.4 is 34.7 Å². The van der Waals surface area contributed by atoms with Gasteiger partial charge in [-0.25, -0.2) is 0 Å². The van der Waals surface area contributed by atoms with E-state index in [0.717, 1.165) is 5.56 Å². The van der Waals surface area contributed by atoms with Crippen molar-refractivity contribution in [3.63, 3.8) is 0 Å². The summed E-state index contributed by atoms with van der Waals surface area (Å²) in [5.74, 6) is -1.22. The molecular weight excluding hydrogens is 199 g/mol. The zero-order valence-electron chi connectivity index (χ0n) is 7.37. The molecular formula is C9H8ClNaO2. The molecule has 1 atom stereocenters. The van der Waals surface area contributed by atoms with Crippen LogP contribution in [0.25, 0.3) is 0 Å². The second kappa shape index (κ2) is 6.44. The summed E-state index contributed by atoms with van der Waals surface area (Å²) in [6.07, 6.45) is 0.310. The Labute approximate surface area is 104 Å². The number of halogens is 1. The van der Waals surface area contributed by atoms with E-state index in [9.17, 15) is 9.90 Å². The number of carbonyl (C=O) groups excluding carboxylic acids is 1. The Morgan fingerprint density at radius 1 is 1.38 bits per heavy atom. The number of carboxylic acid groups (broad SMARTS) is 1. The molecule has 0 aliphatic rings. The van der Waals surface area contributed by atoms with Crippen molar-refractivity contribution in [2.75, 3.05) is 0 Å². The number of rotatable bonds is 3. The van der Waals surface area contributed by atoms with E-state index in [1.807, 2.05) is 30.3 Å². The monoisotopic (exact) mass is 206 g/mol. The fraction of sp³-hybridized carbons (Fsp3) is 0.222. The Kier molecular flexibility index (Phi) is 6.43. The molecule has 0 bridgehead atoms. The summed E-state index contributed by atoms with van der Waals surface area (Å²) in [5.41, 5.74) is 0.904. The predicted octanol–water partition coefficient (Wildman–Crippen LogP) is -2.41. The van der Waals surface area contributed by atoms with E-state index in [0.29, 0.717) is 6.42 Å². The van der Waals surface area contributed by atoms with Gasteiger partial charge in [-0.2, -0.15) is 0 Å². The van der Waals surface area contributed by atoms with Crippen molar-refractivity contribution in [2.24, 2.45) is 0 Å². The van der Waals surface area contributed by atoms with Crippen LogP contribution in [0.3, 0.4) is 0 Å². The van der Waals surface area contributed by atoms with Gasteiger partial charge < -0.3 is 9.90 Å². The van der Waals surface area contributed by atoms with E-state index >= 15 is 0 Å². The number of carbonyl (C=O) groups is 1. The molecule has 64 valence electrons. The number of carboxylic acids is 1. The van der Waals surface area contributed by atoms with Crippen molar-refractivity contribution >= 4 is 17.6 Å². The molecule has 0 spiro atoms. The largest absolute Gasteiger partial charge is 1.00 e. The fourth-order valence-corrected chi connectivity index (χ4v) is 1.08. The molecule has 0 unspecified atom stereocenters. The maximum Gasteiger partial charge on any atom is 1.00 e. The Hall–Kier alpha value is -0.0200. The number of aliphatic carboxylic acids is 1. The van der Waals surface area contributed by atoms with Crippen LogP contribution in [-0.4, -0.2) is 11.3 Å². The Bertz CT molecular complexity index is 264. The van der Waals surface area contributed by atoms with Gasteiger partial charge in [0.05, 0.1) is 11.3 Å². The van der Waals surface area contributed by atoms with Gasteiger partial charge in [-0.05, 0) is 12.0 Å². The third-order valence-electron chi connectivity index (χ3n) is 1.51. The Morgan fingerprint density at radius 3 is 2.38 bits per heavy atom. The SMILES string of the molecule is O=C([O-])[C@@H](Cl)Cc1ccccc1.[Na+]. The molecule has 0 aromatic heterocycles. The van der Waals surface area contributed by atoms with Gasteiger partial charge in [-0.15, -0.1) is 11.6 Å². The van der Waals surface area contributed by atoms with E-state index in [4.69, 9.17) is 11.6 Å². The first-order chi connectivity index (χ1) is 5.70. The van der Waals surface area contributed by atoms with E-state index < -0.39 is 11.3 Å². The molecule has 0 heterocycles. The minimum absolute atomic E-state index is 0. The maximum absolute atomic E-state index is 10.3. The topological polar surface area (TPSA) is 40.1 Å². The summed E-state index contributed by atoms with van der Waals surface area (Å²) in [4.78, 5) is 10.3. The van der Waals surface area contributed by atoms with Crippen LogP contribution in [0.5, 0.6) is 0 Å². The van der Waals surface area contributed by atoms with Gasteiger partial charge in [-0.3, -0.25) is 0 Å². The first-order valence-electron chi connectivity index (χ1n) is 3.59. The molecule has 0 saturated carbocycles. The zero-order valence-corrected chi connectivity index (χ0v) is 10.1. The van der Waals surface area contributed by atoms with Crippen molar-refractivity contribution in [3.8, 4) is 0 Å². The first kappa shape index (κ1) is 13.0. The number of hydrogen-bond acceptors (Lipinski definition) is 2. The number of benzene rings is 1. The van der Waals surface area contributed by atoms with E-state index in [1.54, 1.807) is 0 Å². The van der Waals surface area contributed by atoms with Crippen molar-refractivity contribution in [2.45, 2.75) is 11.8 Å². The van der Waals surface area contributed by atoms with Crippen LogP contribution in [0.15, 0.2) is 30.3 Å². The summed E-state index contributed by atoms with van der Waals surface area (Å²) in [7, 11) is 0. The smallest absolute Gasteiger partial charge is 0.549 e. The minimum Gasteiger partial charge on any atom is -0.549 e. The minimum atomic E-state index is -1.22. The molecule has 0 aliphatic heterocycles. The van der Waals surface area contributed by atoms with Crippen molar-refractivity contribution in [1.29, 1.82) is 0 Å². The van der Waals surface area contributed by atoms with Crippen LogP contribution in [-0.2, 0) is 11.2 Å². The average Bonchev–Trinajstić information content (AvgIpc) is 2.06. The molecule has 13 heavy (non-hydrogen) atoms. The predicted molar refractivity (Wildman–Crippen MR) is 44.8 cm³/mol. The van der Waals surface area contributed by atoms with Gasteiger partial charge in [0.1, 0.15) is 0 Å². The average molecular weight is 207 g/mol. The molecule has 0 amide bonds. The van der Waals surface area contributed by atoms with Gasteiger partial charge in [0.2, 0.25) is 0 Å². The molecule has 0 saturated heterocycles. The van der Waals surface area contributed by atoms with Crippen molar-refractivity contribution in [3.05, 3.63) is 35.9 Å². The summed E-state index contributed by atoms with van der Waals surface area (Å²) in [6.45, 7) is 0. The van der Waals surface area contributed by atoms with Gasteiger partial charge in [0, 0.05) is 0 Å². The van der Waals surface area contributed by atoms with Crippen LogP contribution in [0, 0.1) is 0 Å². The fourth-order valence-electron chi connectivity index (χ4n) is 0.904. The molecule has 4 heteroatoms. The summed E-state index contributed by atoms with van der Waals surface area (Å²) in [6, 6.07) is 9.21. The normalized spacial score (nSPS) is 11.5. The molecule has 1 aromatic carbocycles. The third kappa shape index (κ3) is 4.67. The first-order valence-corrected chi connectivity index (χ1v) is 4.02.